The average molecular weight is 208 g/mol. The number of hydrogen-bond acceptors (Lipinski definition) is 2. The number of benzene rings is 1. The van der Waals surface area contributed by atoms with Crippen LogP contribution in [0.2, 0.25) is 0 Å². The summed E-state index contributed by atoms with van der Waals surface area (Å²) in [6.07, 6.45) is 1.58. The molecule has 1 aromatic carbocycles. The molecule has 0 saturated carbocycles. The number of hydrogen-bond donors (Lipinski definition) is 2. The van der Waals surface area contributed by atoms with Gasteiger partial charge in [-0.05, 0) is 18.2 Å². The predicted molar refractivity (Wildman–Crippen MR) is 60.1 cm³/mol. The van der Waals surface area contributed by atoms with Crippen molar-refractivity contribution in [3.63, 3.8) is 0 Å². The van der Waals surface area contributed by atoms with Gasteiger partial charge in [-0.15, -0.1) is 0 Å². The van der Waals surface area contributed by atoms with Gasteiger partial charge in [-0.3, -0.25) is 0 Å². The molecule has 0 aromatic heterocycles. The standard InChI is InChI=1S/C10H12N2OS/c1-14(13)12-10-6-2-4-9(8-10)5-3-7-11/h2,4,6,8,12H,7,11H2,1H3. The lowest BCUT2D eigenvalue weighted by Crippen LogP contribution is -2.00. The molecule has 0 radical (unpaired) electrons. The predicted octanol–water partition coefficient (Wildman–Crippen LogP) is 0.702. The summed E-state index contributed by atoms with van der Waals surface area (Å²) in [5.74, 6) is 5.66. The largest absolute Gasteiger partial charge is 0.320 e. The molecular weight excluding hydrogens is 196 g/mol. The van der Waals surface area contributed by atoms with E-state index in [1.807, 2.05) is 24.3 Å². The lowest BCUT2D eigenvalue weighted by Gasteiger charge is -2.01. The molecule has 0 amide bonds. The third-order valence-electron chi connectivity index (χ3n) is 1.46. The zero-order valence-corrected chi connectivity index (χ0v) is 8.73. The molecule has 1 unspecified atom stereocenters. The Labute approximate surface area is 86.3 Å². The van der Waals surface area contributed by atoms with Gasteiger partial charge in [0.2, 0.25) is 0 Å². The van der Waals surface area contributed by atoms with Crippen molar-refractivity contribution in [1.82, 2.24) is 0 Å². The van der Waals surface area contributed by atoms with E-state index in [-0.39, 0.29) is 0 Å². The maximum absolute atomic E-state index is 10.9. The zero-order valence-electron chi connectivity index (χ0n) is 7.91. The molecule has 3 nitrogen and oxygen atoms in total. The Bertz CT molecular complexity index is 393. The Kier molecular flexibility index (Phi) is 4.17. The van der Waals surface area contributed by atoms with Crippen molar-refractivity contribution < 1.29 is 4.21 Å². The van der Waals surface area contributed by atoms with Crippen molar-refractivity contribution in [1.29, 1.82) is 0 Å². The summed E-state index contributed by atoms with van der Waals surface area (Å²) in [7, 11) is -1.05. The molecule has 4 heteroatoms. The molecule has 0 aliphatic carbocycles. The zero-order chi connectivity index (χ0) is 10.4. The van der Waals surface area contributed by atoms with Crippen LogP contribution in [0.4, 0.5) is 5.69 Å². The molecule has 14 heavy (non-hydrogen) atoms. The van der Waals surface area contributed by atoms with E-state index in [4.69, 9.17) is 5.73 Å². The summed E-state index contributed by atoms with van der Waals surface area (Å²) in [6.45, 7) is 0.345. The van der Waals surface area contributed by atoms with Gasteiger partial charge in [0.15, 0.2) is 0 Å². The van der Waals surface area contributed by atoms with Gasteiger partial charge in [0, 0.05) is 17.5 Å². The van der Waals surface area contributed by atoms with E-state index >= 15 is 0 Å². The highest BCUT2D eigenvalue weighted by Crippen LogP contribution is 2.09. The first-order valence-electron chi connectivity index (χ1n) is 4.11. The third kappa shape index (κ3) is 3.60. The summed E-state index contributed by atoms with van der Waals surface area (Å²) < 4.78 is 13.7. The smallest absolute Gasteiger partial charge is 0.113 e. The molecule has 0 heterocycles. The molecule has 3 N–H and O–H groups in total. The van der Waals surface area contributed by atoms with Crippen molar-refractivity contribution in [3.8, 4) is 11.8 Å². The van der Waals surface area contributed by atoms with Gasteiger partial charge in [-0.2, -0.15) is 0 Å². The second-order valence-corrected chi connectivity index (χ2v) is 3.76. The summed E-state index contributed by atoms with van der Waals surface area (Å²) >= 11 is 0. The summed E-state index contributed by atoms with van der Waals surface area (Å²) in [4.78, 5) is 0. The molecule has 1 rings (SSSR count). The second-order valence-electron chi connectivity index (χ2n) is 2.64. The van der Waals surface area contributed by atoms with Gasteiger partial charge in [0.05, 0.1) is 6.54 Å². The molecule has 0 fully saturated rings. The van der Waals surface area contributed by atoms with Crippen LogP contribution in [-0.4, -0.2) is 17.0 Å². The molecule has 0 aliphatic heterocycles. The number of nitrogens with one attached hydrogen (secondary N) is 1. The fourth-order valence-electron chi connectivity index (χ4n) is 0.979. The van der Waals surface area contributed by atoms with E-state index in [0.717, 1.165) is 11.3 Å². The first-order chi connectivity index (χ1) is 6.72. The van der Waals surface area contributed by atoms with E-state index in [1.54, 1.807) is 6.26 Å². The van der Waals surface area contributed by atoms with Gasteiger partial charge in [0.1, 0.15) is 11.0 Å². The lowest BCUT2D eigenvalue weighted by atomic mass is 10.2. The van der Waals surface area contributed by atoms with Crippen LogP contribution in [-0.2, 0) is 11.0 Å². The van der Waals surface area contributed by atoms with Gasteiger partial charge in [-0.25, -0.2) is 4.21 Å². The molecule has 0 saturated heterocycles. The van der Waals surface area contributed by atoms with Crippen LogP contribution < -0.4 is 10.5 Å². The van der Waals surface area contributed by atoms with Gasteiger partial charge in [-0.1, -0.05) is 17.9 Å². The van der Waals surface area contributed by atoms with E-state index < -0.39 is 11.0 Å². The Balaban J connectivity index is 2.84. The van der Waals surface area contributed by atoms with E-state index in [9.17, 15) is 4.21 Å². The molecule has 0 spiro atoms. The highest BCUT2D eigenvalue weighted by molar-refractivity contribution is 7.85. The van der Waals surface area contributed by atoms with Crippen LogP contribution in [0.15, 0.2) is 24.3 Å². The summed E-state index contributed by atoms with van der Waals surface area (Å²) in [5, 5.41) is 0. The first kappa shape index (κ1) is 10.8. The fourth-order valence-corrected chi connectivity index (χ4v) is 1.44. The monoisotopic (exact) mass is 208 g/mol. The van der Waals surface area contributed by atoms with Crippen molar-refractivity contribution in [2.75, 3.05) is 17.5 Å². The maximum Gasteiger partial charge on any atom is 0.113 e. The number of anilines is 1. The minimum absolute atomic E-state index is 0.345. The van der Waals surface area contributed by atoms with Crippen molar-refractivity contribution in [3.05, 3.63) is 29.8 Å². The fraction of sp³-hybridized carbons (Fsp3) is 0.200. The Morgan fingerprint density at radius 2 is 2.36 bits per heavy atom. The third-order valence-corrected chi connectivity index (χ3v) is 1.98. The average Bonchev–Trinajstić information content (AvgIpc) is 2.14. The molecule has 74 valence electrons. The molecule has 0 aliphatic rings. The van der Waals surface area contributed by atoms with Crippen LogP contribution in [0.5, 0.6) is 0 Å². The Hall–Kier alpha value is -1.31. The molecule has 1 aromatic rings. The highest BCUT2D eigenvalue weighted by atomic mass is 32.2. The summed E-state index contributed by atoms with van der Waals surface area (Å²) in [5.41, 5.74) is 6.92. The van der Waals surface area contributed by atoms with Gasteiger partial charge in [0.25, 0.3) is 0 Å². The van der Waals surface area contributed by atoms with Crippen LogP contribution in [0.1, 0.15) is 5.56 Å². The topological polar surface area (TPSA) is 55.1 Å². The van der Waals surface area contributed by atoms with Crippen molar-refractivity contribution in [2.45, 2.75) is 0 Å². The summed E-state index contributed by atoms with van der Waals surface area (Å²) in [6, 6.07) is 7.42. The van der Waals surface area contributed by atoms with E-state index in [0.29, 0.717) is 6.54 Å². The quantitative estimate of drug-likeness (QED) is 0.703. The minimum Gasteiger partial charge on any atom is -0.320 e. The number of nitrogens with two attached hydrogens (primary N) is 1. The molecular formula is C10H12N2OS. The highest BCUT2D eigenvalue weighted by Gasteiger charge is 1.93. The maximum atomic E-state index is 10.9. The second kappa shape index (κ2) is 5.43. The van der Waals surface area contributed by atoms with Crippen LogP contribution in [0.3, 0.4) is 0 Å². The number of rotatable bonds is 2. The van der Waals surface area contributed by atoms with Crippen LogP contribution >= 0.6 is 0 Å². The van der Waals surface area contributed by atoms with Gasteiger partial charge >= 0.3 is 0 Å². The lowest BCUT2D eigenvalue weighted by molar-refractivity contribution is 0.690. The molecule has 1 atom stereocenters. The van der Waals surface area contributed by atoms with Crippen LogP contribution in [0, 0.1) is 11.8 Å². The van der Waals surface area contributed by atoms with E-state index in [2.05, 4.69) is 16.6 Å². The Morgan fingerprint density at radius 1 is 1.57 bits per heavy atom. The van der Waals surface area contributed by atoms with Crippen LogP contribution in [0.25, 0.3) is 0 Å². The molecule has 0 bridgehead atoms. The van der Waals surface area contributed by atoms with Crippen molar-refractivity contribution >= 4 is 16.7 Å². The SMILES string of the molecule is CS(=O)Nc1cccc(C#CCN)c1. The minimum atomic E-state index is -1.05. The first-order valence-corrected chi connectivity index (χ1v) is 5.67. The Morgan fingerprint density at radius 3 is 3.00 bits per heavy atom. The normalized spacial score (nSPS) is 11.3. The van der Waals surface area contributed by atoms with Crippen molar-refractivity contribution in [2.24, 2.45) is 5.73 Å². The van der Waals surface area contributed by atoms with E-state index in [1.165, 1.54) is 0 Å². The van der Waals surface area contributed by atoms with Gasteiger partial charge < -0.3 is 10.5 Å².